The number of carbonyl (C=O) groups excluding carboxylic acids is 1. The highest BCUT2D eigenvalue weighted by Gasteiger charge is 2.15. The molecule has 0 radical (unpaired) electrons. The van der Waals surface area contributed by atoms with E-state index < -0.39 is 0 Å². The number of rotatable bonds is 10. The summed E-state index contributed by atoms with van der Waals surface area (Å²) in [5.74, 6) is -0.0598. The van der Waals surface area contributed by atoms with Crippen LogP contribution >= 0.6 is 11.8 Å². The molecule has 24 heavy (non-hydrogen) atoms. The first-order valence-corrected chi connectivity index (χ1v) is 9.32. The highest BCUT2D eigenvalue weighted by molar-refractivity contribution is 8.00. The Hall–Kier alpha value is -1.78. The summed E-state index contributed by atoms with van der Waals surface area (Å²) in [6.45, 7) is 2.56. The molecule has 0 spiro atoms. The minimum absolute atomic E-state index is 0.0598. The van der Waals surface area contributed by atoms with E-state index in [1.165, 1.54) is 4.90 Å². The van der Waals surface area contributed by atoms with Crippen LogP contribution < -0.4 is 5.48 Å². The summed E-state index contributed by atoms with van der Waals surface area (Å²) in [5, 5.41) is 0.271. The third kappa shape index (κ3) is 7.20. The normalized spacial score (nSPS) is 11.9. The van der Waals surface area contributed by atoms with Crippen molar-refractivity contribution in [1.29, 1.82) is 0 Å². The van der Waals surface area contributed by atoms with Gasteiger partial charge in [-0.2, -0.15) is 0 Å². The number of benzene rings is 2. The minimum atomic E-state index is -0.0598. The quantitative estimate of drug-likeness (QED) is 0.488. The third-order valence-corrected chi connectivity index (χ3v) is 4.89. The van der Waals surface area contributed by atoms with Gasteiger partial charge < -0.3 is 0 Å². The van der Waals surface area contributed by atoms with Crippen molar-refractivity contribution in [3.05, 3.63) is 66.2 Å². The second kappa shape index (κ2) is 10.9. The highest BCUT2D eigenvalue weighted by Crippen LogP contribution is 2.28. The van der Waals surface area contributed by atoms with Gasteiger partial charge in [0.15, 0.2) is 0 Å². The molecule has 1 N–H and O–H groups in total. The average molecular weight is 343 g/mol. The first kappa shape index (κ1) is 18.6. The number of nitrogens with one attached hydrogen (secondary N) is 1. The van der Waals surface area contributed by atoms with Crippen molar-refractivity contribution in [2.75, 3.05) is 0 Å². The standard InChI is InChI=1S/C20H25NO2S/c1-2-3-12-19(24-18-13-8-5-9-14-18)15-20(22)21-23-16-17-10-6-4-7-11-17/h4-11,13-14,19H,2-3,12,15-16H2,1H3,(H,21,22). The summed E-state index contributed by atoms with van der Waals surface area (Å²) in [6.07, 6.45) is 3.76. The molecule has 128 valence electrons. The summed E-state index contributed by atoms with van der Waals surface area (Å²) in [7, 11) is 0. The first-order valence-electron chi connectivity index (χ1n) is 8.44. The molecule has 1 amide bonds. The van der Waals surface area contributed by atoms with Crippen LogP contribution in [0.3, 0.4) is 0 Å². The van der Waals surface area contributed by atoms with E-state index in [1.807, 2.05) is 48.5 Å². The van der Waals surface area contributed by atoms with Gasteiger partial charge in [-0.3, -0.25) is 9.63 Å². The lowest BCUT2D eigenvalue weighted by atomic mass is 10.1. The summed E-state index contributed by atoms with van der Waals surface area (Å²) in [5.41, 5.74) is 3.61. The van der Waals surface area contributed by atoms with Crippen LogP contribution in [0.15, 0.2) is 65.6 Å². The molecule has 0 saturated heterocycles. The van der Waals surface area contributed by atoms with Gasteiger partial charge in [0.25, 0.3) is 0 Å². The predicted octanol–water partition coefficient (Wildman–Crippen LogP) is 4.98. The monoisotopic (exact) mass is 343 g/mol. The highest BCUT2D eigenvalue weighted by atomic mass is 32.2. The van der Waals surface area contributed by atoms with E-state index in [-0.39, 0.29) is 11.2 Å². The molecule has 4 heteroatoms. The predicted molar refractivity (Wildman–Crippen MR) is 99.6 cm³/mol. The fraction of sp³-hybridized carbons (Fsp3) is 0.350. The Morgan fingerprint density at radius 2 is 1.75 bits per heavy atom. The molecule has 0 aliphatic rings. The average Bonchev–Trinajstić information content (AvgIpc) is 2.61. The van der Waals surface area contributed by atoms with Crippen molar-refractivity contribution >= 4 is 17.7 Å². The van der Waals surface area contributed by atoms with Gasteiger partial charge in [-0.15, -0.1) is 11.8 Å². The van der Waals surface area contributed by atoms with Crippen LogP contribution in [0.1, 0.15) is 38.2 Å². The van der Waals surface area contributed by atoms with Gasteiger partial charge in [0, 0.05) is 16.6 Å². The zero-order chi connectivity index (χ0) is 17.0. The summed E-state index contributed by atoms with van der Waals surface area (Å²) >= 11 is 1.77. The molecule has 0 aromatic heterocycles. The van der Waals surface area contributed by atoms with Gasteiger partial charge in [0.2, 0.25) is 5.91 Å². The lowest BCUT2D eigenvalue weighted by Gasteiger charge is -2.16. The number of hydrogen-bond donors (Lipinski definition) is 1. The van der Waals surface area contributed by atoms with Crippen LogP contribution in [0.25, 0.3) is 0 Å². The number of hydrogen-bond acceptors (Lipinski definition) is 3. The van der Waals surface area contributed by atoms with Gasteiger partial charge in [-0.25, -0.2) is 5.48 Å². The minimum Gasteiger partial charge on any atom is -0.273 e. The second-order valence-corrected chi connectivity index (χ2v) is 7.07. The van der Waals surface area contributed by atoms with Crippen molar-refractivity contribution in [2.45, 2.75) is 49.4 Å². The summed E-state index contributed by atoms with van der Waals surface area (Å²) < 4.78 is 0. The Kier molecular flexibility index (Phi) is 8.42. The van der Waals surface area contributed by atoms with E-state index in [9.17, 15) is 4.79 Å². The molecule has 3 nitrogen and oxygen atoms in total. The van der Waals surface area contributed by atoms with Crippen LogP contribution in [0.4, 0.5) is 0 Å². The topological polar surface area (TPSA) is 38.3 Å². The zero-order valence-electron chi connectivity index (χ0n) is 14.1. The number of amides is 1. The lowest BCUT2D eigenvalue weighted by Crippen LogP contribution is -2.26. The lowest BCUT2D eigenvalue weighted by molar-refractivity contribution is -0.134. The molecule has 0 heterocycles. The molecule has 0 fully saturated rings. The van der Waals surface area contributed by atoms with Crippen molar-refractivity contribution < 1.29 is 9.63 Å². The van der Waals surface area contributed by atoms with E-state index >= 15 is 0 Å². The van der Waals surface area contributed by atoms with Crippen LogP contribution in [0.5, 0.6) is 0 Å². The molecule has 2 aromatic rings. The number of unbranched alkanes of at least 4 members (excludes halogenated alkanes) is 1. The molecule has 0 saturated carbocycles. The Labute approximate surface area is 148 Å². The maximum absolute atomic E-state index is 12.1. The van der Waals surface area contributed by atoms with Gasteiger partial charge >= 0.3 is 0 Å². The van der Waals surface area contributed by atoms with Crippen LogP contribution in [0, 0.1) is 0 Å². The van der Waals surface area contributed by atoms with Crippen molar-refractivity contribution in [3.8, 4) is 0 Å². The fourth-order valence-electron chi connectivity index (χ4n) is 2.35. The van der Waals surface area contributed by atoms with Crippen molar-refractivity contribution in [3.63, 3.8) is 0 Å². The smallest absolute Gasteiger partial charge is 0.244 e. The second-order valence-electron chi connectivity index (χ2n) is 5.70. The molecule has 1 unspecified atom stereocenters. The molecular weight excluding hydrogens is 318 g/mol. The third-order valence-electron chi connectivity index (χ3n) is 3.61. The number of carbonyl (C=O) groups is 1. The van der Waals surface area contributed by atoms with Crippen LogP contribution in [-0.4, -0.2) is 11.2 Å². The molecule has 2 rings (SSSR count). The first-order chi connectivity index (χ1) is 11.8. The Morgan fingerprint density at radius 1 is 1.08 bits per heavy atom. The maximum Gasteiger partial charge on any atom is 0.244 e. The number of hydroxylamine groups is 1. The molecule has 0 aliphatic heterocycles. The maximum atomic E-state index is 12.1. The van der Waals surface area contributed by atoms with E-state index in [2.05, 4.69) is 24.5 Å². The van der Waals surface area contributed by atoms with E-state index in [4.69, 9.17) is 4.84 Å². The fourth-order valence-corrected chi connectivity index (χ4v) is 3.57. The summed E-state index contributed by atoms with van der Waals surface area (Å²) in [4.78, 5) is 18.7. The van der Waals surface area contributed by atoms with Gasteiger partial charge in [0.1, 0.15) is 0 Å². The largest absolute Gasteiger partial charge is 0.273 e. The van der Waals surface area contributed by atoms with Crippen molar-refractivity contribution in [1.82, 2.24) is 5.48 Å². The van der Waals surface area contributed by atoms with Gasteiger partial charge in [-0.05, 0) is 24.1 Å². The SMILES string of the molecule is CCCCC(CC(=O)NOCc1ccccc1)Sc1ccccc1. The van der Waals surface area contributed by atoms with Crippen LogP contribution in [0.2, 0.25) is 0 Å². The number of thioether (sulfide) groups is 1. The molecule has 1 atom stereocenters. The molecule has 0 aliphatic carbocycles. The summed E-state index contributed by atoms with van der Waals surface area (Å²) in [6, 6.07) is 20.1. The Morgan fingerprint density at radius 3 is 2.42 bits per heavy atom. The molecular formula is C20H25NO2S. The molecule has 0 bridgehead atoms. The Balaban J connectivity index is 1.78. The van der Waals surface area contributed by atoms with E-state index in [0.717, 1.165) is 24.8 Å². The van der Waals surface area contributed by atoms with Gasteiger partial charge in [0.05, 0.1) is 6.61 Å². The van der Waals surface area contributed by atoms with Gasteiger partial charge in [-0.1, -0.05) is 68.3 Å². The van der Waals surface area contributed by atoms with E-state index in [0.29, 0.717) is 13.0 Å². The van der Waals surface area contributed by atoms with Crippen LogP contribution in [-0.2, 0) is 16.2 Å². The Bertz CT molecular complexity index is 589. The van der Waals surface area contributed by atoms with E-state index in [1.54, 1.807) is 11.8 Å². The van der Waals surface area contributed by atoms with Crippen molar-refractivity contribution in [2.24, 2.45) is 0 Å². The zero-order valence-corrected chi connectivity index (χ0v) is 14.9. The molecule has 2 aromatic carbocycles.